The number of piperidine rings is 1. The molecule has 2 aromatic rings. The molecule has 2 heterocycles. The summed E-state index contributed by atoms with van der Waals surface area (Å²) < 4.78 is 5.14. The molecule has 136 valence electrons. The Hall–Kier alpha value is -2.40. The zero-order valence-electron chi connectivity index (χ0n) is 15.4. The Bertz CT molecular complexity index is 911. The molecule has 26 heavy (non-hydrogen) atoms. The van der Waals surface area contributed by atoms with Crippen molar-refractivity contribution in [1.82, 2.24) is 9.88 Å². The largest absolute Gasteiger partial charge is 0.469 e. The quantitative estimate of drug-likeness (QED) is 0.633. The molecule has 0 spiro atoms. The van der Waals surface area contributed by atoms with E-state index in [1.165, 1.54) is 7.11 Å². The normalized spacial score (nSPS) is 27.9. The number of para-hydroxylation sites is 1. The van der Waals surface area contributed by atoms with Crippen molar-refractivity contribution < 1.29 is 14.3 Å². The van der Waals surface area contributed by atoms with Gasteiger partial charge in [0.1, 0.15) is 0 Å². The summed E-state index contributed by atoms with van der Waals surface area (Å²) in [7, 11) is 3.49. The number of ketones is 1. The number of likely N-dealkylation sites (tertiary alicyclic amines) is 1. The van der Waals surface area contributed by atoms with Crippen molar-refractivity contribution in [3.63, 3.8) is 0 Å². The maximum absolute atomic E-state index is 13.1. The van der Waals surface area contributed by atoms with E-state index in [4.69, 9.17) is 4.74 Å². The molecule has 3 atom stereocenters. The molecule has 1 aromatic heterocycles. The average Bonchev–Trinajstić information content (AvgIpc) is 3.01. The number of rotatable bonds is 1. The Labute approximate surface area is 153 Å². The number of aromatic amines is 1. The van der Waals surface area contributed by atoms with Crippen LogP contribution in [0.15, 0.2) is 35.9 Å². The van der Waals surface area contributed by atoms with Gasteiger partial charge >= 0.3 is 5.97 Å². The number of hydrogen-bond acceptors (Lipinski definition) is 4. The maximum Gasteiger partial charge on any atom is 0.310 e. The highest BCUT2D eigenvalue weighted by atomic mass is 16.5. The van der Waals surface area contributed by atoms with Crippen LogP contribution in [0.2, 0.25) is 0 Å². The van der Waals surface area contributed by atoms with E-state index in [9.17, 15) is 9.59 Å². The van der Waals surface area contributed by atoms with Crippen molar-refractivity contribution in [3.05, 3.63) is 47.2 Å². The summed E-state index contributed by atoms with van der Waals surface area (Å²) in [6.45, 7) is 2.76. The molecule has 5 nitrogen and oxygen atoms in total. The minimum absolute atomic E-state index is 0.0159. The molecule has 1 aromatic carbocycles. The fraction of sp³-hybridized carbons (Fsp3) is 0.429. The summed E-state index contributed by atoms with van der Waals surface area (Å²) >= 11 is 0. The molecule has 2 aliphatic rings. The summed E-state index contributed by atoms with van der Waals surface area (Å²) in [6.07, 6.45) is 3.05. The van der Waals surface area contributed by atoms with Crippen LogP contribution in [-0.2, 0) is 16.0 Å². The van der Waals surface area contributed by atoms with E-state index >= 15 is 0 Å². The van der Waals surface area contributed by atoms with E-state index in [0.717, 1.165) is 28.6 Å². The number of H-pyrrole nitrogens is 1. The molecule has 1 fully saturated rings. The molecule has 0 saturated carbocycles. The third-order valence-corrected chi connectivity index (χ3v) is 6.08. The summed E-state index contributed by atoms with van der Waals surface area (Å²) in [6, 6.07) is 8.02. The van der Waals surface area contributed by atoms with E-state index in [1.807, 2.05) is 37.3 Å². The molecule has 1 aliphatic heterocycles. The standard InChI is InChI=1S/C21H24N2O3/c1-4-12-11-23(2)17-9-15-13-7-5-6-8-16(13)22-20(15)18(24)10-14(12)19(17)21(25)26-3/h4-8,14,17,19,22H,9-11H2,1-3H3/b12-4-/t14-,17-,19+/m0/s1. The minimum Gasteiger partial charge on any atom is -0.469 e. The van der Waals surface area contributed by atoms with Crippen LogP contribution in [0, 0.1) is 11.8 Å². The number of ether oxygens (including phenoxy) is 1. The van der Waals surface area contributed by atoms with Gasteiger partial charge in [-0.3, -0.25) is 14.5 Å². The second kappa shape index (κ2) is 6.40. The molecule has 5 heteroatoms. The SMILES string of the molecule is C/C=C1/CN(C)[C@H]2Cc3c([nH]c4ccccc34)C(=O)C[C@@H]1[C@H]2C(=O)OC. The van der Waals surface area contributed by atoms with Gasteiger partial charge in [-0.15, -0.1) is 0 Å². The van der Waals surface area contributed by atoms with Gasteiger partial charge in [-0.05, 0) is 32.0 Å². The number of fused-ring (bicyclic) bond motifs is 5. The topological polar surface area (TPSA) is 62.4 Å². The molecule has 1 N–H and O–H groups in total. The van der Waals surface area contributed by atoms with Crippen molar-refractivity contribution in [2.24, 2.45) is 11.8 Å². The molecule has 0 radical (unpaired) electrons. The van der Waals surface area contributed by atoms with Gasteiger partial charge in [-0.2, -0.15) is 0 Å². The van der Waals surface area contributed by atoms with E-state index in [-0.39, 0.29) is 29.6 Å². The Morgan fingerprint density at radius 3 is 2.81 bits per heavy atom. The Balaban J connectivity index is 1.91. The van der Waals surface area contributed by atoms with Crippen LogP contribution in [0.4, 0.5) is 0 Å². The number of esters is 1. The lowest BCUT2D eigenvalue weighted by Gasteiger charge is -2.45. The second-order valence-corrected chi connectivity index (χ2v) is 7.36. The van der Waals surface area contributed by atoms with Crippen LogP contribution in [0.1, 0.15) is 29.4 Å². The lowest BCUT2D eigenvalue weighted by molar-refractivity contribution is -0.150. The van der Waals surface area contributed by atoms with E-state index in [0.29, 0.717) is 18.5 Å². The van der Waals surface area contributed by atoms with Crippen molar-refractivity contribution in [3.8, 4) is 0 Å². The third kappa shape index (κ3) is 2.50. The van der Waals surface area contributed by atoms with Gasteiger partial charge in [0.25, 0.3) is 0 Å². The smallest absolute Gasteiger partial charge is 0.310 e. The van der Waals surface area contributed by atoms with Crippen LogP contribution >= 0.6 is 0 Å². The van der Waals surface area contributed by atoms with Crippen molar-refractivity contribution in [1.29, 1.82) is 0 Å². The van der Waals surface area contributed by atoms with Crippen LogP contribution in [0.3, 0.4) is 0 Å². The first-order valence-electron chi connectivity index (χ1n) is 9.11. The lowest BCUT2D eigenvalue weighted by Crippen LogP contribution is -2.54. The zero-order chi connectivity index (χ0) is 18.4. The monoisotopic (exact) mass is 352 g/mol. The number of carbonyl (C=O) groups excluding carboxylic acids is 2. The van der Waals surface area contributed by atoms with Crippen LogP contribution < -0.4 is 0 Å². The lowest BCUT2D eigenvalue weighted by atomic mass is 9.70. The number of likely N-dealkylation sites (N-methyl/N-ethyl adjacent to an activating group) is 1. The number of hydrogen-bond donors (Lipinski definition) is 1. The predicted octanol–water partition coefficient (Wildman–Crippen LogP) is 2.96. The first-order chi connectivity index (χ1) is 12.5. The number of carbonyl (C=O) groups is 2. The van der Waals surface area contributed by atoms with Gasteiger partial charge in [0.2, 0.25) is 0 Å². The number of nitrogens with zero attached hydrogens (tertiary/aromatic N) is 1. The molecule has 0 unspecified atom stereocenters. The molecule has 1 aliphatic carbocycles. The van der Waals surface area contributed by atoms with Crippen LogP contribution in [-0.4, -0.2) is 48.4 Å². The number of methoxy groups -OCH3 is 1. The Morgan fingerprint density at radius 2 is 2.08 bits per heavy atom. The summed E-state index contributed by atoms with van der Waals surface area (Å²) in [5, 5.41) is 1.07. The van der Waals surface area contributed by atoms with Crippen LogP contribution in [0.25, 0.3) is 10.9 Å². The van der Waals surface area contributed by atoms with E-state index in [1.54, 1.807) is 0 Å². The number of aromatic nitrogens is 1. The molecule has 1 saturated heterocycles. The fourth-order valence-electron chi connectivity index (χ4n) is 4.76. The summed E-state index contributed by atoms with van der Waals surface area (Å²) in [5.41, 5.74) is 3.85. The first kappa shape index (κ1) is 17.0. The number of benzene rings is 1. The van der Waals surface area contributed by atoms with Gasteiger partial charge in [0.05, 0.1) is 18.7 Å². The van der Waals surface area contributed by atoms with Crippen molar-refractivity contribution in [2.75, 3.05) is 20.7 Å². The van der Waals surface area contributed by atoms with Crippen molar-refractivity contribution in [2.45, 2.75) is 25.8 Å². The highest BCUT2D eigenvalue weighted by Gasteiger charge is 2.46. The minimum atomic E-state index is -0.323. The second-order valence-electron chi connectivity index (χ2n) is 7.36. The average molecular weight is 352 g/mol. The highest BCUT2D eigenvalue weighted by molar-refractivity contribution is 6.03. The molecular formula is C21H24N2O3. The summed E-state index contributed by atoms with van der Waals surface area (Å²) in [4.78, 5) is 31.3. The zero-order valence-corrected chi connectivity index (χ0v) is 15.4. The molecular weight excluding hydrogens is 328 g/mol. The maximum atomic E-state index is 13.1. The van der Waals surface area contributed by atoms with Gasteiger partial charge < -0.3 is 9.72 Å². The van der Waals surface area contributed by atoms with Crippen molar-refractivity contribution >= 4 is 22.7 Å². The molecule has 4 rings (SSSR count). The van der Waals surface area contributed by atoms with Gasteiger partial charge in [-0.1, -0.05) is 29.8 Å². The Kier molecular flexibility index (Phi) is 4.19. The number of nitrogens with one attached hydrogen (secondary N) is 1. The van der Waals surface area contributed by atoms with E-state index in [2.05, 4.69) is 16.9 Å². The van der Waals surface area contributed by atoms with Gasteiger partial charge in [0.15, 0.2) is 5.78 Å². The third-order valence-electron chi connectivity index (χ3n) is 6.08. The first-order valence-corrected chi connectivity index (χ1v) is 9.11. The fourth-order valence-corrected chi connectivity index (χ4v) is 4.76. The van der Waals surface area contributed by atoms with Crippen LogP contribution in [0.5, 0.6) is 0 Å². The predicted molar refractivity (Wildman–Crippen MR) is 100 cm³/mol. The highest BCUT2D eigenvalue weighted by Crippen LogP contribution is 2.41. The molecule has 0 amide bonds. The Morgan fingerprint density at radius 1 is 1.31 bits per heavy atom. The van der Waals surface area contributed by atoms with E-state index < -0.39 is 0 Å². The molecule has 2 bridgehead atoms. The van der Waals surface area contributed by atoms with Gasteiger partial charge in [-0.25, -0.2) is 0 Å². The number of Topliss-reactive ketones (excluding diaryl/α,β-unsaturated/α-hetero) is 1. The summed E-state index contributed by atoms with van der Waals surface area (Å²) in [5.74, 6) is -0.559. The number of allylic oxidation sites excluding steroid dienone is 1. The van der Waals surface area contributed by atoms with Gasteiger partial charge in [0, 0.05) is 35.8 Å².